The zero-order valence-corrected chi connectivity index (χ0v) is 14.8. The van der Waals surface area contributed by atoms with Gasteiger partial charge in [0.15, 0.2) is 0 Å². The van der Waals surface area contributed by atoms with E-state index in [4.69, 9.17) is 5.10 Å². The summed E-state index contributed by atoms with van der Waals surface area (Å²) in [7, 11) is 0. The lowest BCUT2D eigenvalue weighted by atomic mass is 10.0. The first-order valence-electron chi connectivity index (χ1n) is 9.33. The average Bonchev–Trinajstić information content (AvgIpc) is 2.84. The predicted octanol–water partition coefficient (Wildman–Crippen LogP) is 4.77. The van der Waals surface area contributed by atoms with Gasteiger partial charge in [0.1, 0.15) is 5.82 Å². The van der Waals surface area contributed by atoms with E-state index in [2.05, 4.69) is 71.5 Å². The molecule has 4 rings (SSSR count). The minimum Gasteiger partial charge on any atom is -0.370 e. The van der Waals surface area contributed by atoms with Crippen molar-refractivity contribution in [3.8, 4) is 5.69 Å². The van der Waals surface area contributed by atoms with Gasteiger partial charge in [0.05, 0.1) is 11.4 Å². The van der Waals surface area contributed by atoms with E-state index in [0.717, 1.165) is 25.8 Å². The maximum Gasteiger partial charge on any atom is 0.133 e. The Balaban J connectivity index is 1.82. The topological polar surface area (TPSA) is 29.9 Å². The second-order valence-corrected chi connectivity index (χ2v) is 6.71. The van der Waals surface area contributed by atoms with Gasteiger partial charge >= 0.3 is 0 Å². The molecule has 0 aliphatic carbocycles. The van der Waals surface area contributed by atoms with E-state index in [-0.39, 0.29) is 0 Å². The van der Waals surface area contributed by atoms with Gasteiger partial charge in [-0.2, -0.15) is 5.10 Å². The van der Waals surface area contributed by atoms with Crippen LogP contribution >= 0.6 is 0 Å². The highest BCUT2D eigenvalue weighted by molar-refractivity contribution is 5.56. The first-order chi connectivity index (χ1) is 12.4. The second kappa shape index (κ2) is 7.14. The fraction of sp³-hybridized carbons (Fsp3) is 0.318. The normalized spacial score (nSPS) is 13.8. The van der Waals surface area contributed by atoms with Gasteiger partial charge in [-0.15, -0.1) is 0 Å². The van der Waals surface area contributed by atoms with Crippen LogP contribution in [0.15, 0.2) is 54.6 Å². The predicted molar refractivity (Wildman–Crippen MR) is 104 cm³/mol. The summed E-state index contributed by atoms with van der Waals surface area (Å²) < 4.78 is 2.15. The molecule has 3 aromatic rings. The molecule has 0 atom stereocenters. The van der Waals surface area contributed by atoms with Gasteiger partial charge < -0.3 is 5.32 Å². The van der Waals surface area contributed by atoms with Crippen molar-refractivity contribution < 1.29 is 0 Å². The quantitative estimate of drug-likeness (QED) is 0.746. The fourth-order valence-corrected chi connectivity index (χ4v) is 3.70. The third kappa shape index (κ3) is 3.19. The molecule has 0 fully saturated rings. The summed E-state index contributed by atoms with van der Waals surface area (Å²) in [5.41, 5.74) is 6.47. The number of benzene rings is 2. The Kier molecular flexibility index (Phi) is 4.55. The van der Waals surface area contributed by atoms with E-state index >= 15 is 0 Å². The molecule has 0 saturated heterocycles. The summed E-state index contributed by atoms with van der Waals surface area (Å²) in [5, 5.41) is 8.71. The van der Waals surface area contributed by atoms with Crippen molar-refractivity contribution >= 4 is 5.82 Å². The van der Waals surface area contributed by atoms with Crippen LogP contribution in [-0.4, -0.2) is 16.3 Å². The van der Waals surface area contributed by atoms with E-state index < -0.39 is 0 Å². The zero-order valence-electron chi connectivity index (χ0n) is 14.8. The van der Waals surface area contributed by atoms with E-state index in [1.165, 1.54) is 46.7 Å². The Hall–Kier alpha value is -2.55. The number of rotatable bonds is 4. The first kappa shape index (κ1) is 15.9. The lowest BCUT2D eigenvalue weighted by Crippen LogP contribution is -2.08. The van der Waals surface area contributed by atoms with Crippen LogP contribution in [0.1, 0.15) is 42.1 Å². The van der Waals surface area contributed by atoms with Crippen molar-refractivity contribution in [1.29, 1.82) is 0 Å². The first-order valence-corrected chi connectivity index (χ1v) is 9.33. The number of para-hydroxylation sites is 1. The summed E-state index contributed by atoms with van der Waals surface area (Å²) >= 11 is 0. The molecular formula is C22H25N3. The summed E-state index contributed by atoms with van der Waals surface area (Å²) in [6, 6.07) is 19.3. The lowest BCUT2D eigenvalue weighted by Gasteiger charge is -2.12. The molecule has 2 aromatic carbocycles. The Morgan fingerprint density at radius 3 is 2.64 bits per heavy atom. The molecule has 0 radical (unpaired) electrons. The highest BCUT2D eigenvalue weighted by atomic mass is 15.3. The monoisotopic (exact) mass is 331 g/mol. The molecular weight excluding hydrogens is 306 g/mol. The third-order valence-corrected chi connectivity index (χ3v) is 5.03. The Morgan fingerprint density at radius 1 is 1.00 bits per heavy atom. The van der Waals surface area contributed by atoms with Crippen LogP contribution in [0, 0.1) is 0 Å². The van der Waals surface area contributed by atoms with Gasteiger partial charge in [-0.1, -0.05) is 55.5 Å². The number of hydrogen-bond donors (Lipinski definition) is 1. The smallest absolute Gasteiger partial charge is 0.133 e. The Labute approximate surface area is 149 Å². The number of fused-ring (bicyclic) bond motifs is 1. The van der Waals surface area contributed by atoms with Crippen LogP contribution in [0.5, 0.6) is 0 Å². The van der Waals surface area contributed by atoms with Crippen molar-refractivity contribution in [3.05, 3.63) is 77.0 Å². The van der Waals surface area contributed by atoms with E-state index in [1.807, 2.05) is 0 Å². The maximum atomic E-state index is 5.06. The van der Waals surface area contributed by atoms with Crippen molar-refractivity contribution in [2.45, 2.75) is 39.0 Å². The molecule has 3 heteroatoms. The SMILES string of the molecule is CCc1ccccc1-n1nc(Cc2ccccc2)c2c1NCCCC2. The highest BCUT2D eigenvalue weighted by Crippen LogP contribution is 2.30. The number of nitrogens with one attached hydrogen (secondary N) is 1. The van der Waals surface area contributed by atoms with Gasteiger partial charge in [0.2, 0.25) is 0 Å². The second-order valence-electron chi connectivity index (χ2n) is 6.71. The number of anilines is 1. The van der Waals surface area contributed by atoms with Crippen molar-refractivity contribution in [1.82, 2.24) is 9.78 Å². The Morgan fingerprint density at radius 2 is 1.80 bits per heavy atom. The van der Waals surface area contributed by atoms with E-state index in [1.54, 1.807) is 0 Å². The van der Waals surface area contributed by atoms with Gasteiger partial charge in [0, 0.05) is 18.5 Å². The molecule has 0 spiro atoms. The van der Waals surface area contributed by atoms with Gasteiger partial charge in [-0.3, -0.25) is 0 Å². The average molecular weight is 331 g/mol. The number of aryl methyl sites for hydroxylation is 1. The van der Waals surface area contributed by atoms with Crippen LogP contribution < -0.4 is 5.32 Å². The largest absolute Gasteiger partial charge is 0.370 e. The summed E-state index contributed by atoms with van der Waals surface area (Å²) in [6.07, 6.45) is 5.46. The molecule has 1 aromatic heterocycles. The van der Waals surface area contributed by atoms with Crippen molar-refractivity contribution in [3.63, 3.8) is 0 Å². The summed E-state index contributed by atoms with van der Waals surface area (Å²) in [6.45, 7) is 3.23. The minimum absolute atomic E-state index is 0.895. The van der Waals surface area contributed by atoms with Crippen LogP contribution in [0.2, 0.25) is 0 Å². The van der Waals surface area contributed by atoms with Crippen LogP contribution in [-0.2, 0) is 19.3 Å². The van der Waals surface area contributed by atoms with Gasteiger partial charge in [0.25, 0.3) is 0 Å². The van der Waals surface area contributed by atoms with Crippen molar-refractivity contribution in [2.75, 3.05) is 11.9 Å². The molecule has 128 valence electrons. The summed E-state index contributed by atoms with van der Waals surface area (Å²) in [4.78, 5) is 0. The lowest BCUT2D eigenvalue weighted by molar-refractivity contribution is 0.766. The summed E-state index contributed by atoms with van der Waals surface area (Å²) in [5.74, 6) is 1.20. The van der Waals surface area contributed by atoms with Crippen LogP contribution in [0.3, 0.4) is 0 Å². The Bertz CT molecular complexity index is 849. The van der Waals surface area contributed by atoms with E-state index in [0.29, 0.717) is 0 Å². The van der Waals surface area contributed by atoms with Gasteiger partial charge in [-0.25, -0.2) is 4.68 Å². The highest BCUT2D eigenvalue weighted by Gasteiger charge is 2.21. The minimum atomic E-state index is 0.895. The van der Waals surface area contributed by atoms with Crippen molar-refractivity contribution in [2.24, 2.45) is 0 Å². The number of aromatic nitrogens is 2. The standard InChI is InChI=1S/C22H25N3/c1-2-18-12-6-7-14-21(18)25-22-19(13-8-9-15-23-22)20(24-25)16-17-10-4-3-5-11-17/h3-7,10-12,14,23H,2,8-9,13,15-16H2,1H3. The van der Waals surface area contributed by atoms with Gasteiger partial charge in [-0.05, 0) is 42.9 Å². The van der Waals surface area contributed by atoms with E-state index in [9.17, 15) is 0 Å². The molecule has 2 heterocycles. The zero-order chi connectivity index (χ0) is 17.1. The number of nitrogens with zero attached hydrogens (tertiary/aromatic N) is 2. The van der Waals surface area contributed by atoms with Crippen LogP contribution in [0.4, 0.5) is 5.82 Å². The molecule has 3 nitrogen and oxygen atoms in total. The molecule has 1 aliphatic rings. The molecule has 0 amide bonds. The molecule has 25 heavy (non-hydrogen) atoms. The number of hydrogen-bond acceptors (Lipinski definition) is 2. The molecule has 0 bridgehead atoms. The fourth-order valence-electron chi connectivity index (χ4n) is 3.70. The molecule has 1 N–H and O–H groups in total. The third-order valence-electron chi connectivity index (χ3n) is 5.03. The maximum absolute atomic E-state index is 5.06. The molecule has 1 aliphatic heterocycles. The molecule has 0 unspecified atom stereocenters. The molecule has 0 saturated carbocycles. The van der Waals surface area contributed by atoms with Crippen LogP contribution in [0.25, 0.3) is 5.69 Å².